The van der Waals surface area contributed by atoms with Gasteiger partial charge in [-0.25, -0.2) is 4.68 Å². The van der Waals surface area contributed by atoms with Gasteiger partial charge in [0.15, 0.2) is 0 Å². The number of nitrogens with zero attached hydrogens (tertiary/aromatic N) is 5. The van der Waals surface area contributed by atoms with E-state index in [1.54, 1.807) is 11.7 Å². The Morgan fingerprint density at radius 2 is 2.12 bits per heavy atom. The standard InChI is InChI=1S/C9H17N5OS/c1-5-14(6-2)8(15)7(3)16-9-10-11-12-13(9)4/h7H,5-6H2,1-4H3. The van der Waals surface area contributed by atoms with Crippen molar-refractivity contribution < 1.29 is 4.79 Å². The lowest BCUT2D eigenvalue weighted by atomic mass is 10.4. The lowest BCUT2D eigenvalue weighted by molar-refractivity contribution is -0.129. The number of aromatic nitrogens is 4. The first kappa shape index (κ1) is 13.0. The van der Waals surface area contributed by atoms with E-state index in [4.69, 9.17) is 0 Å². The van der Waals surface area contributed by atoms with Crippen LogP contribution in [0.1, 0.15) is 20.8 Å². The van der Waals surface area contributed by atoms with Gasteiger partial charge in [0.25, 0.3) is 0 Å². The predicted molar refractivity (Wildman–Crippen MR) is 62.0 cm³/mol. The Bertz CT molecular complexity index is 349. The molecule has 1 amide bonds. The highest BCUT2D eigenvalue weighted by Crippen LogP contribution is 2.20. The maximum Gasteiger partial charge on any atom is 0.235 e. The Morgan fingerprint density at radius 1 is 1.50 bits per heavy atom. The monoisotopic (exact) mass is 243 g/mol. The minimum Gasteiger partial charge on any atom is -0.342 e. The van der Waals surface area contributed by atoms with Crippen LogP contribution in [0.3, 0.4) is 0 Å². The number of hydrogen-bond donors (Lipinski definition) is 0. The maximum absolute atomic E-state index is 12.0. The third-order valence-corrected chi connectivity index (χ3v) is 3.40. The van der Waals surface area contributed by atoms with Gasteiger partial charge in [-0.2, -0.15) is 0 Å². The number of carbonyl (C=O) groups excluding carboxylic acids is 1. The number of carbonyl (C=O) groups is 1. The molecule has 0 aliphatic rings. The van der Waals surface area contributed by atoms with Crippen molar-refractivity contribution in [3.05, 3.63) is 0 Å². The lowest BCUT2D eigenvalue weighted by Gasteiger charge is -2.21. The third kappa shape index (κ3) is 2.94. The molecule has 0 saturated carbocycles. The molecule has 0 aliphatic heterocycles. The van der Waals surface area contributed by atoms with Crippen molar-refractivity contribution in [2.75, 3.05) is 13.1 Å². The highest BCUT2D eigenvalue weighted by Gasteiger charge is 2.21. The molecule has 0 N–H and O–H groups in total. The Kier molecular flexibility index (Phi) is 4.72. The average molecular weight is 243 g/mol. The smallest absolute Gasteiger partial charge is 0.235 e. The molecule has 0 saturated heterocycles. The van der Waals surface area contributed by atoms with E-state index < -0.39 is 0 Å². The van der Waals surface area contributed by atoms with Crippen LogP contribution in [0.4, 0.5) is 0 Å². The first-order chi connectivity index (χ1) is 7.60. The molecule has 1 aromatic rings. The minimum atomic E-state index is -0.162. The van der Waals surface area contributed by atoms with Crippen LogP contribution in [0.2, 0.25) is 0 Å². The van der Waals surface area contributed by atoms with Crippen molar-refractivity contribution in [2.45, 2.75) is 31.2 Å². The Hall–Kier alpha value is -1.11. The van der Waals surface area contributed by atoms with Crippen LogP contribution in [0.15, 0.2) is 5.16 Å². The molecular weight excluding hydrogens is 226 g/mol. The Morgan fingerprint density at radius 3 is 2.56 bits per heavy atom. The summed E-state index contributed by atoms with van der Waals surface area (Å²) in [7, 11) is 1.76. The summed E-state index contributed by atoms with van der Waals surface area (Å²) < 4.78 is 1.57. The van der Waals surface area contributed by atoms with Gasteiger partial charge in [-0.1, -0.05) is 11.8 Å². The molecule has 6 nitrogen and oxygen atoms in total. The summed E-state index contributed by atoms with van der Waals surface area (Å²) in [5.74, 6) is 0.123. The summed E-state index contributed by atoms with van der Waals surface area (Å²) in [6.45, 7) is 7.29. The molecule has 0 aliphatic carbocycles. The molecular formula is C9H17N5OS. The van der Waals surface area contributed by atoms with E-state index in [-0.39, 0.29) is 11.2 Å². The van der Waals surface area contributed by atoms with Crippen LogP contribution in [0.25, 0.3) is 0 Å². The second-order valence-corrected chi connectivity index (χ2v) is 4.66. The molecule has 0 bridgehead atoms. The molecule has 1 atom stereocenters. The molecule has 16 heavy (non-hydrogen) atoms. The van der Waals surface area contributed by atoms with Gasteiger partial charge in [-0.05, 0) is 31.2 Å². The summed E-state index contributed by atoms with van der Waals surface area (Å²) in [6.07, 6.45) is 0. The zero-order chi connectivity index (χ0) is 12.1. The highest BCUT2D eigenvalue weighted by molar-refractivity contribution is 8.00. The minimum absolute atomic E-state index is 0.123. The van der Waals surface area contributed by atoms with E-state index >= 15 is 0 Å². The van der Waals surface area contributed by atoms with Crippen molar-refractivity contribution in [1.82, 2.24) is 25.1 Å². The van der Waals surface area contributed by atoms with Gasteiger partial charge in [0, 0.05) is 20.1 Å². The number of tetrazole rings is 1. The van der Waals surface area contributed by atoms with Gasteiger partial charge >= 0.3 is 0 Å². The maximum atomic E-state index is 12.0. The van der Waals surface area contributed by atoms with Gasteiger partial charge in [0.05, 0.1) is 5.25 Å². The van der Waals surface area contributed by atoms with E-state index in [0.29, 0.717) is 5.16 Å². The third-order valence-electron chi connectivity index (χ3n) is 2.29. The van der Waals surface area contributed by atoms with Gasteiger partial charge in [0.2, 0.25) is 11.1 Å². The average Bonchev–Trinajstić information content (AvgIpc) is 2.66. The lowest BCUT2D eigenvalue weighted by Crippen LogP contribution is -2.36. The molecule has 1 rings (SSSR count). The highest BCUT2D eigenvalue weighted by atomic mass is 32.2. The van der Waals surface area contributed by atoms with Gasteiger partial charge in [0.1, 0.15) is 0 Å². The van der Waals surface area contributed by atoms with E-state index in [9.17, 15) is 4.79 Å². The van der Waals surface area contributed by atoms with E-state index in [1.165, 1.54) is 11.8 Å². The Labute approximate surface area is 99.4 Å². The fourth-order valence-electron chi connectivity index (χ4n) is 1.32. The molecule has 1 unspecified atom stereocenters. The molecule has 0 aromatic carbocycles. The number of rotatable bonds is 5. The van der Waals surface area contributed by atoms with Crippen LogP contribution in [0, 0.1) is 0 Å². The molecule has 90 valence electrons. The molecule has 0 fully saturated rings. The van der Waals surface area contributed by atoms with Crippen LogP contribution in [0.5, 0.6) is 0 Å². The first-order valence-electron chi connectivity index (χ1n) is 5.27. The summed E-state index contributed by atoms with van der Waals surface area (Å²) in [6, 6.07) is 0. The fraction of sp³-hybridized carbons (Fsp3) is 0.778. The normalized spacial score (nSPS) is 12.5. The van der Waals surface area contributed by atoms with E-state index in [2.05, 4.69) is 15.5 Å². The van der Waals surface area contributed by atoms with Crippen molar-refractivity contribution in [1.29, 1.82) is 0 Å². The molecule has 0 radical (unpaired) electrons. The number of hydrogen-bond acceptors (Lipinski definition) is 5. The SMILES string of the molecule is CCN(CC)C(=O)C(C)Sc1nnnn1C. The van der Waals surface area contributed by atoms with Gasteiger partial charge in [-0.15, -0.1) is 5.10 Å². The zero-order valence-corrected chi connectivity index (χ0v) is 10.9. The topological polar surface area (TPSA) is 63.9 Å². The van der Waals surface area contributed by atoms with Crippen molar-refractivity contribution in [3.63, 3.8) is 0 Å². The zero-order valence-electron chi connectivity index (χ0n) is 10.0. The fourth-order valence-corrected chi connectivity index (χ4v) is 2.16. The van der Waals surface area contributed by atoms with Gasteiger partial charge < -0.3 is 4.90 Å². The molecule has 7 heteroatoms. The largest absolute Gasteiger partial charge is 0.342 e. The van der Waals surface area contributed by atoms with Crippen molar-refractivity contribution in [3.8, 4) is 0 Å². The van der Waals surface area contributed by atoms with Crippen LogP contribution in [-0.2, 0) is 11.8 Å². The summed E-state index contributed by atoms with van der Waals surface area (Å²) in [4.78, 5) is 13.8. The second kappa shape index (κ2) is 5.83. The van der Waals surface area contributed by atoms with Crippen molar-refractivity contribution >= 4 is 17.7 Å². The summed E-state index contributed by atoms with van der Waals surface area (Å²) in [5.41, 5.74) is 0. The summed E-state index contributed by atoms with van der Waals surface area (Å²) in [5, 5.41) is 11.6. The van der Waals surface area contributed by atoms with E-state index in [1.807, 2.05) is 25.7 Å². The second-order valence-electron chi connectivity index (χ2n) is 3.36. The van der Waals surface area contributed by atoms with Crippen LogP contribution in [-0.4, -0.2) is 49.4 Å². The number of aryl methyl sites for hydroxylation is 1. The summed E-state index contributed by atoms with van der Waals surface area (Å²) >= 11 is 1.38. The Balaban J connectivity index is 2.62. The van der Waals surface area contributed by atoms with Gasteiger partial charge in [-0.3, -0.25) is 4.79 Å². The predicted octanol–water partition coefficient (Wildman–Crippen LogP) is 0.559. The molecule has 0 spiro atoms. The molecule has 1 heterocycles. The molecule has 1 aromatic heterocycles. The van der Waals surface area contributed by atoms with Crippen LogP contribution < -0.4 is 0 Å². The van der Waals surface area contributed by atoms with Crippen LogP contribution >= 0.6 is 11.8 Å². The quantitative estimate of drug-likeness (QED) is 0.707. The van der Waals surface area contributed by atoms with E-state index in [0.717, 1.165) is 13.1 Å². The number of thioether (sulfide) groups is 1. The number of amides is 1. The first-order valence-corrected chi connectivity index (χ1v) is 6.15. The van der Waals surface area contributed by atoms with Crippen molar-refractivity contribution in [2.24, 2.45) is 7.05 Å².